The number of nitrogens with zero attached hydrogens (tertiary/aromatic N) is 4. The molecule has 3 heterocycles. The van der Waals surface area contributed by atoms with Crippen LogP contribution in [0.25, 0.3) is 22.4 Å². The van der Waals surface area contributed by atoms with Crippen molar-refractivity contribution in [1.29, 1.82) is 0 Å². The van der Waals surface area contributed by atoms with E-state index in [0.29, 0.717) is 16.8 Å². The minimum Gasteiger partial charge on any atom is -0.394 e. The molecule has 1 saturated heterocycles. The summed E-state index contributed by atoms with van der Waals surface area (Å²) >= 11 is 0. The van der Waals surface area contributed by atoms with Gasteiger partial charge in [0.2, 0.25) is 0 Å². The minimum atomic E-state index is -4.44. The molecule has 0 saturated carbocycles. The summed E-state index contributed by atoms with van der Waals surface area (Å²) in [5.74, 6) is 0. The molecule has 1 aromatic carbocycles. The maximum Gasteiger partial charge on any atom is 0.416 e. The van der Waals surface area contributed by atoms with E-state index < -0.39 is 42.9 Å². The second-order valence-corrected chi connectivity index (χ2v) is 6.35. The van der Waals surface area contributed by atoms with Crippen LogP contribution in [0, 0.1) is 0 Å². The number of alkyl halides is 3. The van der Waals surface area contributed by atoms with Gasteiger partial charge in [0.1, 0.15) is 35.8 Å². The lowest BCUT2D eigenvalue weighted by atomic mass is 10.1. The lowest BCUT2D eigenvalue weighted by molar-refractivity contribution is -0.137. The smallest absolute Gasteiger partial charge is 0.394 e. The Morgan fingerprint density at radius 3 is 2.36 bits per heavy atom. The highest BCUT2D eigenvalue weighted by atomic mass is 19.4. The number of aromatic nitrogens is 4. The van der Waals surface area contributed by atoms with E-state index in [9.17, 15) is 28.5 Å². The maximum absolute atomic E-state index is 12.8. The fraction of sp³-hybridized carbons (Fsp3) is 0.353. The Bertz CT molecular complexity index is 992. The molecule has 28 heavy (non-hydrogen) atoms. The molecular formula is C17H15F3N4O4. The molecule has 0 radical (unpaired) electrons. The summed E-state index contributed by atoms with van der Waals surface area (Å²) in [5, 5.41) is 29.4. The second kappa shape index (κ2) is 6.78. The van der Waals surface area contributed by atoms with Crippen LogP contribution < -0.4 is 0 Å². The van der Waals surface area contributed by atoms with Crippen LogP contribution >= 0.6 is 0 Å². The normalized spacial score (nSPS) is 25.5. The third-order valence-electron chi connectivity index (χ3n) is 4.64. The van der Waals surface area contributed by atoms with E-state index in [1.54, 1.807) is 0 Å². The van der Waals surface area contributed by atoms with E-state index in [0.717, 1.165) is 12.1 Å². The molecule has 0 amide bonds. The number of imidazole rings is 1. The molecule has 148 valence electrons. The van der Waals surface area contributed by atoms with E-state index in [4.69, 9.17) is 4.74 Å². The number of aliphatic hydroxyl groups is 3. The average Bonchev–Trinajstić information content (AvgIpc) is 3.22. The van der Waals surface area contributed by atoms with Gasteiger partial charge in [-0.05, 0) is 12.1 Å². The van der Waals surface area contributed by atoms with Gasteiger partial charge in [0.15, 0.2) is 11.9 Å². The first-order chi connectivity index (χ1) is 13.3. The summed E-state index contributed by atoms with van der Waals surface area (Å²) in [7, 11) is 0. The molecule has 4 atom stereocenters. The Balaban J connectivity index is 1.74. The van der Waals surface area contributed by atoms with Gasteiger partial charge in [-0.2, -0.15) is 13.2 Å². The fourth-order valence-corrected chi connectivity index (χ4v) is 3.18. The van der Waals surface area contributed by atoms with Gasteiger partial charge < -0.3 is 20.1 Å². The minimum absolute atomic E-state index is 0.264. The average molecular weight is 396 g/mol. The zero-order chi connectivity index (χ0) is 20.1. The lowest BCUT2D eigenvalue weighted by Crippen LogP contribution is -2.33. The van der Waals surface area contributed by atoms with E-state index in [-0.39, 0.29) is 5.65 Å². The molecule has 1 unspecified atom stereocenters. The van der Waals surface area contributed by atoms with Gasteiger partial charge in [0.25, 0.3) is 0 Å². The van der Waals surface area contributed by atoms with E-state index in [1.165, 1.54) is 29.4 Å². The number of fused-ring (bicyclic) bond motifs is 1. The molecule has 1 aliphatic heterocycles. The summed E-state index contributed by atoms with van der Waals surface area (Å²) in [5.41, 5.74) is 0.495. The highest BCUT2D eigenvalue weighted by molar-refractivity contribution is 5.87. The molecular weight excluding hydrogens is 381 g/mol. The van der Waals surface area contributed by atoms with Crippen molar-refractivity contribution in [2.24, 2.45) is 0 Å². The number of aliphatic hydroxyl groups excluding tert-OH is 3. The topological polar surface area (TPSA) is 114 Å². The third kappa shape index (κ3) is 3.02. The summed E-state index contributed by atoms with van der Waals surface area (Å²) in [6.45, 7) is -0.479. The van der Waals surface area contributed by atoms with Crippen LogP contribution in [-0.4, -0.2) is 59.8 Å². The Morgan fingerprint density at radius 2 is 1.75 bits per heavy atom. The molecule has 0 bridgehead atoms. The largest absolute Gasteiger partial charge is 0.416 e. The van der Waals surface area contributed by atoms with E-state index >= 15 is 0 Å². The molecule has 1 aliphatic rings. The van der Waals surface area contributed by atoms with Crippen molar-refractivity contribution in [2.45, 2.75) is 30.7 Å². The first kappa shape index (κ1) is 18.7. The molecule has 0 aliphatic carbocycles. The maximum atomic E-state index is 12.8. The summed E-state index contributed by atoms with van der Waals surface area (Å²) < 4.78 is 45.1. The number of rotatable bonds is 3. The Labute approximate surface area is 155 Å². The molecule has 3 N–H and O–H groups in total. The van der Waals surface area contributed by atoms with Crippen molar-refractivity contribution in [3.8, 4) is 11.3 Å². The Morgan fingerprint density at radius 1 is 1.04 bits per heavy atom. The fourth-order valence-electron chi connectivity index (χ4n) is 3.18. The highest BCUT2D eigenvalue weighted by Gasteiger charge is 2.44. The van der Waals surface area contributed by atoms with Crippen molar-refractivity contribution in [2.75, 3.05) is 6.61 Å². The van der Waals surface area contributed by atoms with Gasteiger partial charge in [0.05, 0.1) is 18.5 Å². The zero-order valence-corrected chi connectivity index (χ0v) is 14.2. The van der Waals surface area contributed by atoms with E-state index in [1.807, 2.05) is 0 Å². The van der Waals surface area contributed by atoms with E-state index in [2.05, 4.69) is 15.0 Å². The zero-order valence-electron chi connectivity index (χ0n) is 14.2. The predicted molar refractivity (Wildman–Crippen MR) is 88.8 cm³/mol. The van der Waals surface area contributed by atoms with Crippen LogP contribution in [0.5, 0.6) is 0 Å². The predicted octanol–water partition coefficient (Wildman–Crippen LogP) is 1.12. The van der Waals surface area contributed by atoms with Crippen molar-refractivity contribution in [3.63, 3.8) is 0 Å². The van der Waals surface area contributed by atoms with Gasteiger partial charge in [-0.3, -0.25) is 4.57 Å². The molecule has 11 heteroatoms. The van der Waals surface area contributed by atoms with Gasteiger partial charge in [0, 0.05) is 5.56 Å². The first-order valence-electron chi connectivity index (χ1n) is 8.29. The lowest BCUT2D eigenvalue weighted by Gasteiger charge is -2.16. The quantitative estimate of drug-likeness (QED) is 0.608. The van der Waals surface area contributed by atoms with Crippen molar-refractivity contribution in [3.05, 3.63) is 42.5 Å². The first-order valence-corrected chi connectivity index (χ1v) is 8.29. The number of benzene rings is 1. The molecule has 0 spiro atoms. The van der Waals surface area contributed by atoms with Gasteiger partial charge >= 0.3 is 6.18 Å². The van der Waals surface area contributed by atoms with Crippen molar-refractivity contribution < 1.29 is 33.2 Å². The summed E-state index contributed by atoms with van der Waals surface area (Å²) in [6.07, 6.45) is -6.51. The van der Waals surface area contributed by atoms with Crippen molar-refractivity contribution >= 4 is 11.2 Å². The summed E-state index contributed by atoms with van der Waals surface area (Å²) in [4.78, 5) is 12.4. The van der Waals surface area contributed by atoms with Crippen LogP contribution in [-0.2, 0) is 10.9 Å². The number of hydrogen-bond donors (Lipinski definition) is 3. The van der Waals surface area contributed by atoms with Crippen molar-refractivity contribution in [1.82, 2.24) is 19.5 Å². The van der Waals surface area contributed by atoms with Crippen LogP contribution in [0.3, 0.4) is 0 Å². The number of hydrogen-bond acceptors (Lipinski definition) is 7. The molecule has 1 fully saturated rings. The number of ether oxygens (including phenoxy) is 1. The van der Waals surface area contributed by atoms with Crippen LogP contribution in [0.4, 0.5) is 13.2 Å². The second-order valence-electron chi connectivity index (χ2n) is 6.35. The van der Waals surface area contributed by atoms with Crippen LogP contribution in [0.2, 0.25) is 0 Å². The monoisotopic (exact) mass is 396 g/mol. The molecule has 4 rings (SSSR count). The summed E-state index contributed by atoms with van der Waals surface area (Å²) in [6, 6.07) is 4.48. The number of halogens is 3. The van der Waals surface area contributed by atoms with Gasteiger partial charge in [-0.25, -0.2) is 15.0 Å². The highest BCUT2D eigenvalue weighted by Crippen LogP contribution is 2.34. The SMILES string of the molecule is OC[C@H]1OC(n2cnc3c(-c4ccc(C(F)(F)F)cc4)ncnc32)[C@H](O)[C@@H]1O. The molecule has 8 nitrogen and oxygen atoms in total. The van der Waals surface area contributed by atoms with Crippen LogP contribution in [0.15, 0.2) is 36.9 Å². The Kier molecular flexibility index (Phi) is 4.54. The molecule has 2 aromatic heterocycles. The van der Waals surface area contributed by atoms with Gasteiger partial charge in [-0.15, -0.1) is 0 Å². The molecule has 3 aromatic rings. The standard InChI is InChI=1S/C17H15F3N4O4/c18-17(19,20)9-3-1-8(2-4-9)11-12-15(22-6-21-11)24(7-23-12)16-14(27)13(26)10(5-25)28-16/h1-4,6-7,10,13-14,16,25-27H,5H2/t10-,13-,14-,16?/m1/s1. The Hall–Kier alpha value is -2.60. The van der Waals surface area contributed by atoms with Gasteiger partial charge in [-0.1, -0.05) is 12.1 Å². The third-order valence-corrected chi connectivity index (χ3v) is 4.64. The van der Waals surface area contributed by atoms with Crippen LogP contribution in [0.1, 0.15) is 11.8 Å².